The SMILES string of the molecule is C=CC(=O)N1C[C@@H](F)[C@@H](Oc2nc(OC[C@@]34CCCN3C[C@H](F)C4)nc3c(F)c(-c4ccc(F)c5sc(N)c(C#N)c45)ncc23)C1. The minimum Gasteiger partial charge on any atom is -0.469 e. The maximum absolute atomic E-state index is 16.5. The molecule has 0 spiro atoms. The predicted octanol–water partition coefficient (Wildman–Crippen LogP) is 4.71. The van der Waals surface area contributed by atoms with E-state index in [1.54, 1.807) is 0 Å². The van der Waals surface area contributed by atoms with Gasteiger partial charge in [-0.05, 0) is 37.6 Å². The number of halogens is 4. The molecule has 4 aromatic rings. The molecule has 0 saturated carbocycles. The van der Waals surface area contributed by atoms with Crippen molar-refractivity contribution in [3.8, 4) is 29.2 Å². The van der Waals surface area contributed by atoms with E-state index in [9.17, 15) is 18.8 Å². The lowest BCUT2D eigenvalue weighted by molar-refractivity contribution is -0.125. The Hall–Kier alpha value is -4.55. The van der Waals surface area contributed by atoms with Crippen LogP contribution in [-0.2, 0) is 4.79 Å². The number of pyridine rings is 1. The lowest BCUT2D eigenvalue weighted by Crippen LogP contribution is -2.43. The highest BCUT2D eigenvalue weighted by Crippen LogP contribution is 2.43. The number of fused-ring (bicyclic) bond motifs is 3. The van der Waals surface area contributed by atoms with Crippen LogP contribution < -0.4 is 15.2 Å². The average Bonchev–Trinajstić information content (AvgIpc) is 3.77. The molecule has 238 valence electrons. The number of thiophene rings is 1. The standard InChI is InChI=1S/C31H27F4N7O3S/c1-2-22(43)41-12-20(34)21(13-41)45-29-18-10-38-25(16-4-5-19(33)27-23(16)17(9-36)28(37)46-27)24(35)26(18)39-30(40-29)44-14-31-6-3-7-42(31)11-15(32)8-31/h2,4-5,10,15,20-21H,1,3,6-8,11-14,37H2/t15-,20-,21+,31+/m1/s1. The first-order chi connectivity index (χ1) is 22.1. The van der Waals surface area contributed by atoms with E-state index in [1.165, 1.54) is 17.2 Å². The van der Waals surface area contributed by atoms with Gasteiger partial charge in [0, 0.05) is 30.1 Å². The minimum absolute atomic E-state index is 0.0107. The fourth-order valence-corrected chi connectivity index (χ4v) is 7.75. The Morgan fingerprint density at radius 2 is 2.09 bits per heavy atom. The summed E-state index contributed by atoms with van der Waals surface area (Å²) in [6.45, 7) is 4.15. The lowest BCUT2D eigenvalue weighted by atomic mass is 9.95. The third-order valence-corrected chi connectivity index (χ3v) is 10.0. The van der Waals surface area contributed by atoms with Gasteiger partial charge in [-0.15, -0.1) is 11.3 Å². The number of nitrogens with two attached hydrogens (primary N) is 1. The van der Waals surface area contributed by atoms with Crippen LogP contribution in [-0.4, -0.2) is 87.4 Å². The first-order valence-electron chi connectivity index (χ1n) is 14.6. The molecule has 3 saturated heterocycles. The third-order valence-electron chi connectivity index (χ3n) is 8.99. The van der Waals surface area contributed by atoms with Crippen LogP contribution in [0.15, 0.2) is 31.0 Å². The van der Waals surface area contributed by atoms with Crippen molar-refractivity contribution < 1.29 is 31.8 Å². The zero-order chi connectivity index (χ0) is 32.3. The van der Waals surface area contributed by atoms with Gasteiger partial charge >= 0.3 is 6.01 Å². The second-order valence-corrected chi connectivity index (χ2v) is 12.8. The lowest BCUT2D eigenvalue weighted by Gasteiger charge is -2.30. The first kappa shape index (κ1) is 30.1. The molecule has 3 aliphatic rings. The quantitative estimate of drug-likeness (QED) is 0.223. The maximum Gasteiger partial charge on any atom is 0.320 e. The Kier molecular flexibility index (Phi) is 7.44. The summed E-state index contributed by atoms with van der Waals surface area (Å²) in [5.74, 6) is -2.28. The molecule has 0 unspecified atom stereocenters. The Bertz CT molecular complexity index is 1950. The molecule has 10 nitrogen and oxygen atoms in total. The summed E-state index contributed by atoms with van der Waals surface area (Å²) in [7, 11) is 0. The van der Waals surface area contributed by atoms with Gasteiger partial charge in [-0.3, -0.25) is 14.7 Å². The van der Waals surface area contributed by atoms with Gasteiger partial charge in [-0.2, -0.15) is 15.2 Å². The van der Waals surface area contributed by atoms with E-state index in [4.69, 9.17) is 15.2 Å². The van der Waals surface area contributed by atoms with Gasteiger partial charge in [-0.25, -0.2) is 17.6 Å². The molecule has 1 amide bonds. The molecular weight excluding hydrogens is 626 g/mol. The van der Waals surface area contributed by atoms with Crippen molar-refractivity contribution in [2.45, 2.75) is 43.2 Å². The van der Waals surface area contributed by atoms with Gasteiger partial charge < -0.3 is 20.1 Å². The van der Waals surface area contributed by atoms with Crippen molar-refractivity contribution in [3.05, 3.63) is 48.2 Å². The van der Waals surface area contributed by atoms with E-state index in [1.807, 2.05) is 11.0 Å². The Labute approximate surface area is 264 Å². The van der Waals surface area contributed by atoms with Gasteiger partial charge in [0.15, 0.2) is 18.1 Å². The van der Waals surface area contributed by atoms with Crippen molar-refractivity contribution in [1.29, 1.82) is 5.26 Å². The van der Waals surface area contributed by atoms with E-state index < -0.39 is 41.5 Å². The number of carbonyl (C=O) groups excluding carboxylic acids is 1. The number of anilines is 1. The third kappa shape index (κ3) is 4.87. The highest BCUT2D eigenvalue weighted by Gasteiger charge is 2.49. The Morgan fingerprint density at radius 1 is 1.26 bits per heavy atom. The van der Waals surface area contributed by atoms with Crippen LogP contribution in [0.1, 0.15) is 24.8 Å². The molecule has 46 heavy (non-hydrogen) atoms. The molecule has 4 atom stereocenters. The number of aromatic nitrogens is 3. The molecule has 3 aliphatic heterocycles. The van der Waals surface area contributed by atoms with E-state index in [0.29, 0.717) is 13.0 Å². The highest BCUT2D eigenvalue weighted by molar-refractivity contribution is 7.23. The van der Waals surface area contributed by atoms with Crippen LogP contribution >= 0.6 is 11.3 Å². The summed E-state index contributed by atoms with van der Waals surface area (Å²) < 4.78 is 72.7. The number of carbonyl (C=O) groups is 1. The molecule has 3 fully saturated rings. The Balaban J connectivity index is 1.33. The zero-order valence-corrected chi connectivity index (χ0v) is 25.1. The largest absolute Gasteiger partial charge is 0.469 e. The second kappa shape index (κ2) is 11.4. The number of nitriles is 1. The number of amides is 1. The first-order valence-corrected chi connectivity index (χ1v) is 15.4. The zero-order valence-electron chi connectivity index (χ0n) is 24.3. The van der Waals surface area contributed by atoms with E-state index in [2.05, 4.69) is 21.5 Å². The fraction of sp³-hybridized carbons (Fsp3) is 0.387. The number of alkyl halides is 2. The molecule has 15 heteroatoms. The molecule has 0 bridgehead atoms. The summed E-state index contributed by atoms with van der Waals surface area (Å²) >= 11 is 0.865. The summed E-state index contributed by atoms with van der Waals surface area (Å²) in [5.41, 5.74) is 4.99. The van der Waals surface area contributed by atoms with Crippen LogP contribution in [0.3, 0.4) is 0 Å². The maximum atomic E-state index is 16.5. The predicted molar refractivity (Wildman–Crippen MR) is 162 cm³/mol. The van der Waals surface area contributed by atoms with Crippen LogP contribution in [0.2, 0.25) is 0 Å². The molecular formula is C31H27F4N7O3S. The number of ether oxygens (including phenoxy) is 2. The molecule has 0 radical (unpaired) electrons. The summed E-state index contributed by atoms with van der Waals surface area (Å²) in [4.78, 5) is 28.4. The van der Waals surface area contributed by atoms with Crippen molar-refractivity contribution in [2.75, 3.05) is 38.5 Å². The van der Waals surface area contributed by atoms with Crippen molar-refractivity contribution in [2.24, 2.45) is 0 Å². The molecule has 1 aromatic carbocycles. The van der Waals surface area contributed by atoms with Crippen LogP contribution in [0.5, 0.6) is 11.9 Å². The second-order valence-electron chi connectivity index (χ2n) is 11.7. The van der Waals surface area contributed by atoms with E-state index in [0.717, 1.165) is 36.4 Å². The number of benzene rings is 1. The monoisotopic (exact) mass is 653 g/mol. The number of rotatable bonds is 7. The normalized spacial score (nSPS) is 24.4. The number of likely N-dealkylation sites (tertiary alicyclic amines) is 1. The molecule has 0 aliphatic carbocycles. The van der Waals surface area contributed by atoms with Gasteiger partial charge in [0.2, 0.25) is 11.8 Å². The minimum atomic E-state index is -1.58. The topological polar surface area (TPSA) is 130 Å². The Morgan fingerprint density at radius 3 is 2.87 bits per heavy atom. The fourth-order valence-electron chi connectivity index (χ4n) is 6.80. The number of nitrogens with zero attached hydrogens (tertiary/aromatic N) is 6. The van der Waals surface area contributed by atoms with Crippen LogP contribution in [0.25, 0.3) is 32.2 Å². The van der Waals surface area contributed by atoms with E-state index in [-0.39, 0.29) is 80.8 Å². The highest BCUT2D eigenvalue weighted by atomic mass is 32.1. The van der Waals surface area contributed by atoms with Gasteiger partial charge in [-0.1, -0.05) is 6.58 Å². The summed E-state index contributed by atoms with van der Waals surface area (Å²) in [6.07, 6.45) is 0.428. The van der Waals surface area contributed by atoms with Crippen LogP contribution in [0, 0.1) is 23.0 Å². The van der Waals surface area contributed by atoms with E-state index >= 15 is 8.78 Å². The average molecular weight is 654 g/mol. The summed E-state index contributed by atoms with van der Waals surface area (Å²) in [5, 5.41) is 9.91. The molecule has 7 rings (SSSR count). The molecule has 2 N–H and O–H groups in total. The van der Waals surface area contributed by atoms with Gasteiger partial charge in [0.25, 0.3) is 0 Å². The van der Waals surface area contributed by atoms with Crippen molar-refractivity contribution in [3.63, 3.8) is 0 Å². The summed E-state index contributed by atoms with van der Waals surface area (Å²) in [6, 6.07) is 4.11. The number of hydrogen-bond acceptors (Lipinski definition) is 10. The molecule has 6 heterocycles. The molecule has 3 aromatic heterocycles. The van der Waals surface area contributed by atoms with Gasteiger partial charge in [0.05, 0.1) is 34.3 Å². The number of hydrogen-bond donors (Lipinski definition) is 1. The number of nitrogen functional groups attached to an aromatic ring is 1. The van der Waals surface area contributed by atoms with Crippen molar-refractivity contribution >= 4 is 43.2 Å². The van der Waals surface area contributed by atoms with Crippen LogP contribution in [0.4, 0.5) is 22.6 Å². The van der Waals surface area contributed by atoms with Crippen molar-refractivity contribution in [1.82, 2.24) is 24.8 Å². The smallest absolute Gasteiger partial charge is 0.320 e. The van der Waals surface area contributed by atoms with Gasteiger partial charge in [0.1, 0.15) is 40.9 Å².